The van der Waals surface area contributed by atoms with Crippen LogP contribution in [0.15, 0.2) is 24.3 Å². The first kappa shape index (κ1) is 18.3. The first-order chi connectivity index (χ1) is 11.3. The molecule has 1 aliphatic rings. The lowest BCUT2D eigenvalue weighted by Crippen LogP contribution is -2.46. The monoisotopic (exact) mass is 337 g/mol. The molecule has 132 valence electrons. The van der Waals surface area contributed by atoms with E-state index in [1.165, 1.54) is 12.1 Å². The fourth-order valence-electron chi connectivity index (χ4n) is 3.24. The van der Waals surface area contributed by atoms with Gasteiger partial charge in [-0.2, -0.15) is 0 Å². The fourth-order valence-corrected chi connectivity index (χ4v) is 3.24. The van der Waals surface area contributed by atoms with Gasteiger partial charge in [0, 0.05) is 30.1 Å². The molecule has 1 aromatic rings. The molecule has 24 heavy (non-hydrogen) atoms. The van der Waals surface area contributed by atoms with E-state index in [2.05, 4.69) is 4.90 Å². The SMILES string of the molecule is C[C@@H]1CN(CC[C@@H](C[N+](=O)[O-])c2cccc([N+](=O)[O-])c2)C[C@@H](C)O1. The van der Waals surface area contributed by atoms with E-state index in [0.29, 0.717) is 18.5 Å². The maximum Gasteiger partial charge on any atom is 0.269 e. The summed E-state index contributed by atoms with van der Waals surface area (Å²) < 4.78 is 5.69. The summed E-state index contributed by atoms with van der Waals surface area (Å²) >= 11 is 0. The molecule has 1 aromatic carbocycles. The largest absolute Gasteiger partial charge is 0.373 e. The highest BCUT2D eigenvalue weighted by molar-refractivity contribution is 5.36. The molecule has 1 fully saturated rings. The number of rotatable bonds is 7. The zero-order chi connectivity index (χ0) is 17.7. The number of hydrogen-bond acceptors (Lipinski definition) is 6. The van der Waals surface area contributed by atoms with Gasteiger partial charge in [0.1, 0.15) is 0 Å². The van der Waals surface area contributed by atoms with Crippen LogP contribution in [0.2, 0.25) is 0 Å². The van der Waals surface area contributed by atoms with Crippen LogP contribution >= 0.6 is 0 Å². The van der Waals surface area contributed by atoms with E-state index in [1.54, 1.807) is 12.1 Å². The molecule has 3 atom stereocenters. The van der Waals surface area contributed by atoms with Crippen molar-refractivity contribution in [2.45, 2.75) is 38.4 Å². The molecule has 0 amide bonds. The number of non-ortho nitro benzene ring substituents is 1. The summed E-state index contributed by atoms with van der Waals surface area (Å²) in [5.41, 5.74) is 0.615. The minimum absolute atomic E-state index is 0.0329. The molecule has 0 bridgehead atoms. The van der Waals surface area contributed by atoms with Crippen LogP contribution in [0, 0.1) is 20.2 Å². The first-order valence-corrected chi connectivity index (χ1v) is 8.09. The van der Waals surface area contributed by atoms with E-state index < -0.39 is 4.92 Å². The molecule has 8 nitrogen and oxygen atoms in total. The van der Waals surface area contributed by atoms with Crippen LogP contribution in [0.5, 0.6) is 0 Å². The number of morpholine rings is 1. The first-order valence-electron chi connectivity index (χ1n) is 8.09. The van der Waals surface area contributed by atoms with E-state index in [9.17, 15) is 20.2 Å². The topological polar surface area (TPSA) is 98.8 Å². The third-order valence-corrected chi connectivity index (χ3v) is 4.21. The molecule has 0 aromatic heterocycles. The minimum Gasteiger partial charge on any atom is -0.373 e. The van der Waals surface area contributed by atoms with Gasteiger partial charge in [-0.25, -0.2) is 0 Å². The van der Waals surface area contributed by atoms with Crippen molar-refractivity contribution in [3.8, 4) is 0 Å². The van der Waals surface area contributed by atoms with E-state index in [-0.39, 0.29) is 35.3 Å². The van der Waals surface area contributed by atoms with Crippen LogP contribution in [0.25, 0.3) is 0 Å². The van der Waals surface area contributed by atoms with Gasteiger partial charge < -0.3 is 4.74 Å². The minimum atomic E-state index is -0.474. The lowest BCUT2D eigenvalue weighted by atomic mass is 9.95. The Labute approximate surface area is 140 Å². The van der Waals surface area contributed by atoms with Gasteiger partial charge in [-0.15, -0.1) is 0 Å². The van der Waals surface area contributed by atoms with Gasteiger partial charge in [0.2, 0.25) is 6.54 Å². The average Bonchev–Trinajstić information content (AvgIpc) is 2.50. The molecule has 1 saturated heterocycles. The van der Waals surface area contributed by atoms with Gasteiger partial charge in [-0.3, -0.25) is 25.1 Å². The smallest absolute Gasteiger partial charge is 0.269 e. The number of nitro groups is 2. The van der Waals surface area contributed by atoms with E-state index >= 15 is 0 Å². The summed E-state index contributed by atoms with van der Waals surface area (Å²) in [7, 11) is 0. The Bertz CT molecular complexity index is 585. The average molecular weight is 337 g/mol. The van der Waals surface area contributed by atoms with E-state index in [1.807, 2.05) is 13.8 Å². The van der Waals surface area contributed by atoms with Crippen molar-refractivity contribution in [1.82, 2.24) is 4.90 Å². The van der Waals surface area contributed by atoms with Crippen LogP contribution in [0.3, 0.4) is 0 Å². The molecular weight excluding hydrogens is 314 g/mol. The molecule has 0 N–H and O–H groups in total. The number of hydrogen-bond donors (Lipinski definition) is 0. The predicted octanol–water partition coefficient (Wildman–Crippen LogP) is 2.45. The normalized spacial score (nSPS) is 22.9. The molecule has 0 spiro atoms. The maximum atomic E-state index is 11.0. The Morgan fingerprint density at radius 3 is 2.50 bits per heavy atom. The molecule has 1 heterocycles. The second kappa shape index (κ2) is 8.16. The van der Waals surface area contributed by atoms with Gasteiger partial charge in [0.05, 0.1) is 23.0 Å². The van der Waals surface area contributed by atoms with Crippen LogP contribution in [0.4, 0.5) is 5.69 Å². The number of nitro benzene ring substituents is 1. The molecule has 2 rings (SSSR count). The molecule has 0 radical (unpaired) electrons. The highest BCUT2D eigenvalue weighted by atomic mass is 16.6. The van der Waals surface area contributed by atoms with Gasteiger partial charge >= 0.3 is 0 Å². The van der Waals surface area contributed by atoms with Crippen LogP contribution < -0.4 is 0 Å². The number of benzene rings is 1. The Balaban J connectivity index is 2.07. The van der Waals surface area contributed by atoms with Crippen molar-refractivity contribution >= 4 is 5.69 Å². The van der Waals surface area contributed by atoms with Crippen LogP contribution in [-0.2, 0) is 4.74 Å². The third-order valence-electron chi connectivity index (χ3n) is 4.21. The summed E-state index contributed by atoms with van der Waals surface area (Å²) in [6.07, 6.45) is 0.864. The second-order valence-electron chi connectivity index (χ2n) is 6.37. The van der Waals surface area contributed by atoms with Crippen molar-refractivity contribution in [2.75, 3.05) is 26.2 Å². The van der Waals surface area contributed by atoms with Crippen molar-refractivity contribution in [1.29, 1.82) is 0 Å². The second-order valence-corrected chi connectivity index (χ2v) is 6.37. The fraction of sp³-hybridized carbons (Fsp3) is 0.625. The lowest BCUT2D eigenvalue weighted by molar-refractivity contribution is -0.483. The predicted molar refractivity (Wildman–Crippen MR) is 88.8 cm³/mol. The van der Waals surface area contributed by atoms with E-state index in [4.69, 9.17) is 4.74 Å². The zero-order valence-electron chi connectivity index (χ0n) is 14.0. The van der Waals surface area contributed by atoms with Gasteiger partial charge in [0.15, 0.2) is 0 Å². The summed E-state index contributed by atoms with van der Waals surface area (Å²) in [5, 5.41) is 21.9. The standard InChI is InChI=1S/C16H23N3O5/c1-12-9-17(10-13(2)24-12)7-6-15(11-18(20)21)14-4-3-5-16(8-14)19(22)23/h3-5,8,12-13,15H,6-7,9-11H2,1-2H3/t12-,13-,15+/m1/s1. The van der Waals surface area contributed by atoms with Crippen molar-refractivity contribution in [3.63, 3.8) is 0 Å². The third kappa shape index (κ3) is 5.24. The van der Waals surface area contributed by atoms with Crippen molar-refractivity contribution in [2.24, 2.45) is 0 Å². The van der Waals surface area contributed by atoms with Gasteiger partial charge in [-0.05, 0) is 32.4 Å². The molecular formula is C16H23N3O5. The Kier molecular flexibility index (Phi) is 6.22. The highest BCUT2D eigenvalue weighted by Gasteiger charge is 2.25. The number of ether oxygens (including phenoxy) is 1. The maximum absolute atomic E-state index is 11.0. The van der Waals surface area contributed by atoms with Crippen LogP contribution in [-0.4, -0.2) is 53.1 Å². The van der Waals surface area contributed by atoms with Crippen molar-refractivity contribution in [3.05, 3.63) is 50.1 Å². The number of nitrogens with zero attached hydrogens (tertiary/aromatic N) is 3. The lowest BCUT2D eigenvalue weighted by Gasteiger charge is -2.35. The van der Waals surface area contributed by atoms with Gasteiger partial charge in [0.25, 0.3) is 5.69 Å². The van der Waals surface area contributed by atoms with E-state index in [0.717, 1.165) is 13.1 Å². The molecule has 0 saturated carbocycles. The van der Waals surface area contributed by atoms with Crippen LogP contribution in [0.1, 0.15) is 31.7 Å². The van der Waals surface area contributed by atoms with Gasteiger partial charge in [-0.1, -0.05) is 12.1 Å². The highest BCUT2D eigenvalue weighted by Crippen LogP contribution is 2.25. The Hall–Kier alpha value is -2.06. The Morgan fingerprint density at radius 2 is 1.92 bits per heavy atom. The Morgan fingerprint density at radius 1 is 1.25 bits per heavy atom. The summed E-state index contributed by atoms with van der Waals surface area (Å²) in [5.74, 6) is -0.339. The quantitative estimate of drug-likeness (QED) is 0.560. The molecule has 8 heteroatoms. The molecule has 0 unspecified atom stereocenters. The zero-order valence-corrected chi connectivity index (χ0v) is 14.0. The summed E-state index contributed by atoms with van der Waals surface area (Å²) in [6.45, 7) is 6.10. The van der Waals surface area contributed by atoms with Crippen molar-refractivity contribution < 1.29 is 14.6 Å². The molecule has 1 aliphatic heterocycles. The molecule has 0 aliphatic carbocycles. The summed E-state index contributed by atoms with van der Waals surface area (Å²) in [6, 6.07) is 6.15. The summed E-state index contributed by atoms with van der Waals surface area (Å²) in [4.78, 5) is 23.3.